The van der Waals surface area contributed by atoms with Crippen molar-refractivity contribution in [3.8, 4) is 11.1 Å². The molecule has 0 unspecified atom stereocenters. The summed E-state index contributed by atoms with van der Waals surface area (Å²) in [6.45, 7) is 0. The van der Waals surface area contributed by atoms with Gasteiger partial charge in [-0.25, -0.2) is 0 Å². The van der Waals surface area contributed by atoms with Crippen molar-refractivity contribution in [2.45, 2.75) is 0 Å². The van der Waals surface area contributed by atoms with Crippen molar-refractivity contribution in [3.63, 3.8) is 0 Å². The fraction of sp³-hybridized carbons (Fsp3) is 0.0526. The van der Waals surface area contributed by atoms with Crippen LogP contribution in [0.5, 0.6) is 0 Å². The van der Waals surface area contributed by atoms with E-state index >= 15 is 0 Å². The molecule has 23 heavy (non-hydrogen) atoms. The van der Waals surface area contributed by atoms with Crippen LogP contribution in [-0.4, -0.2) is 13.3 Å². The fourth-order valence-corrected chi connectivity index (χ4v) is 3.92. The van der Waals surface area contributed by atoms with E-state index in [2.05, 4.69) is 68.9 Å². The highest BCUT2D eigenvalue weighted by Crippen LogP contribution is 2.33. The molecule has 0 saturated heterocycles. The Kier molecular flexibility index (Phi) is 2.58. The summed E-state index contributed by atoms with van der Waals surface area (Å²) in [6, 6.07) is 21.4. The molecule has 0 aliphatic heterocycles. The highest BCUT2D eigenvalue weighted by molar-refractivity contribution is 7.00. The first-order valence-electron chi connectivity index (χ1n) is 7.52. The van der Waals surface area contributed by atoms with Crippen LogP contribution in [0.3, 0.4) is 0 Å². The number of nitrogens with zero attached hydrogens (tertiary/aromatic N) is 3. The van der Waals surface area contributed by atoms with Gasteiger partial charge in [-0.3, -0.25) is 0 Å². The number of benzene rings is 3. The number of hydrogen-bond donors (Lipinski definition) is 0. The molecule has 5 aromatic rings. The summed E-state index contributed by atoms with van der Waals surface area (Å²) in [5, 5.41) is 2.58. The summed E-state index contributed by atoms with van der Waals surface area (Å²) in [6.07, 6.45) is 0. The zero-order valence-corrected chi connectivity index (χ0v) is 13.3. The van der Waals surface area contributed by atoms with E-state index in [-0.39, 0.29) is 0 Å². The van der Waals surface area contributed by atoms with Gasteiger partial charge >= 0.3 is 0 Å². The van der Waals surface area contributed by atoms with Gasteiger partial charge in [-0.05, 0) is 23.8 Å². The van der Waals surface area contributed by atoms with Gasteiger partial charge in [0.05, 0.1) is 11.7 Å². The average Bonchev–Trinajstić information content (AvgIpc) is 3.19. The standard InChI is InChI=1S/C19H13N3S/c1-22-17-8-3-2-5-14(17)15-10-9-12(11-18(15)22)13-6-4-7-16-19(13)21-23-20-16/h2-11H,1H3. The first-order valence-corrected chi connectivity index (χ1v) is 8.25. The van der Waals surface area contributed by atoms with Crippen LogP contribution < -0.4 is 0 Å². The molecule has 0 bridgehead atoms. The van der Waals surface area contributed by atoms with Gasteiger partial charge in [0.15, 0.2) is 0 Å². The van der Waals surface area contributed by atoms with Crippen molar-refractivity contribution in [1.29, 1.82) is 0 Å². The molecule has 110 valence electrons. The van der Waals surface area contributed by atoms with Crippen molar-refractivity contribution in [1.82, 2.24) is 13.3 Å². The Morgan fingerprint density at radius 1 is 0.826 bits per heavy atom. The molecule has 0 aliphatic carbocycles. The molecule has 3 aromatic carbocycles. The molecule has 0 aliphatic rings. The molecule has 0 spiro atoms. The number of fused-ring (bicyclic) bond motifs is 4. The summed E-state index contributed by atoms with van der Waals surface area (Å²) in [5.41, 5.74) is 6.77. The lowest BCUT2D eigenvalue weighted by atomic mass is 10.0. The Hall–Kier alpha value is -2.72. The first kappa shape index (κ1) is 12.8. The zero-order valence-electron chi connectivity index (χ0n) is 12.5. The van der Waals surface area contributed by atoms with E-state index in [0.717, 1.165) is 16.6 Å². The van der Waals surface area contributed by atoms with Crippen LogP contribution in [0, 0.1) is 0 Å². The molecule has 0 amide bonds. The largest absolute Gasteiger partial charge is 0.344 e. The van der Waals surface area contributed by atoms with Crippen LogP contribution >= 0.6 is 11.7 Å². The quantitative estimate of drug-likeness (QED) is 0.435. The smallest absolute Gasteiger partial charge is 0.112 e. The van der Waals surface area contributed by atoms with Crippen LogP contribution in [0.4, 0.5) is 0 Å². The Balaban J connectivity index is 1.85. The Morgan fingerprint density at radius 3 is 2.65 bits per heavy atom. The SMILES string of the molecule is Cn1c2ccccc2c2ccc(-c3cccc4nsnc34)cc21. The second-order valence-electron chi connectivity index (χ2n) is 5.75. The number of para-hydroxylation sites is 1. The molecule has 2 aromatic heterocycles. The van der Waals surface area contributed by atoms with Gasteiger partial charge in [-0.1, -0.05) is 42.5 Å². The first-order chi connectivity index (χ1) is 11.3. The lowest BCUT2D eigenvalue weighted by Crippen LogP contribution is -1.87. The van der Waals surface area contributed by atoms with E-state index < -0.39 is 0 Å². The van der Waals surface area contributed by atoms with E-state index in [1.54, 1.807) is 0 Å². The molecule has 0 saturated carbocycles. The second kappa shape index (κ2) is 4.64. The Labute approximate surface area is 137 Å². The summed E-state index contributed by atoms with van der Waals surface area (Å²) >= 11 is 1.27. The molecule has 0 atom stereocenters. The molecule has 3 nitrogen and oxygen atoms in total. The summed E-state index contributed by atoms with van der Waals surface area (Å²) < 4.78 is 11.1. The van der Waals surface area contributed by atoms with Crippen LogP contribution in [0.2, 0.25) is 0 Å². The number of aromatic nitrogens is 3. The van der Waals surface area contributed by atoms with Crippen molar-refractivity contribution < 1.29 is 0 Å². The minimum absolute atomic E-state index is 0.963. The van der Waals surface area contributed by atoms with Crippen molar-refractivity contribution >= 4 is 44.6 Å². The predicted octanol–water partition coefficient (Wildman–Crippen LogP) is 5.00. The van der Waals surface area contributed by atoms with E-state index in [0.29, 0.717) is 0 Å². The Morgan fingerprint density at radius 2 is 1.70 bits per heavy atom. The van der Waals surface area contributed by atoms with Crippen LogP contribution in [0.1, 0.15) is 0 Å². The molecular weight excluding hydrogens is 302 g/mol. The highest BCUT2D eigenvalue weighted by atomic mass is 32.1. The van der Waals surface area contributed by atoms with Gasteiger partial charge in [0.1, 0.15) is 11.0 Å². The summed E-state index contributed by atoms with van der Waals surface area (Å²) in [5.74, 6) is 0. The molecule has 2 heterocycles. The molecule has 4 heteroatoms. The molecular formula is C19H13N3S. The van der Waals surface area contributed by atoms with Crippen LogP contribution in [0.15, 0.2) is 60.7 Å². The lowest BCUT2D eigenvalue weighted by molar-refractivity contribution is 1.01. The topological polar surface area (TPSA) is 30.7 Å². The number of rotatable bonds is 1. The number of aryl methyl sites for hydroxylation is 1. The highest BCUT2D eigenvalue weighted by Gasteiger charge is 2.11. The minimum Gasteiger partial charge on any atom is -0.344 e. The normalized spacial score (nSPS) is 11.7. The minimum atomic E-state index is 0.963. The Bertz CT molecular complexity index is 1180. The lowest BCUT2D eigenvalue weighted by Gasteiger charge is -2.04. The van der Waals surface area contributed by atoms with Crippen molar-refractivity contribution in [2.24, 2.45) is 7.05 Å². The monoisotopic (exact) mass is 315 g/mol. The maximum atomic E-state index is 4.46. The average molecular weight is 315 g/mol. The number of hydrogen-bond acceptors (Lipinski definition) is 3. The van der Waals surface area contributed by atoms with E-state index in [9.17, 15) is 0 Å². The molecule has 0 fully saturated rings. The summed E-state index contributed by atoms with van der Waals surface area (Å²) in [4.78, 5) is 0. The third kappa shape index (κ3) is 1.75. The van der Waals surface area contributed by atoms with Crippen molar-refractivity contribution in [2.75, 3.05) is 0 Å². The fourth-order valence-electron chi connectivity index (χ4n) is 3.37. The van der Waals surface area contributed by atoms with E-state index in [1.165, 1.54) is 39.1 Å². The van der Waals surface area contributed by atoms with Gasteiger partial charge in [-0.15, -0.1) is 0 Å². The summed E-state index contributed by atoms with van der Waals surface area (Å²) in [7, 11) is 2.12. The molecule has 0 N–H and O–H groups in total. The maximum Gasteiger partial charge on any atom is 0.112 e. The predicted molar refractivity (Wildman–Crippen MR) is 96.8 cm³/mol. The van der Waals surface area contributed by atoms with Gasteiger partial charge < -0.3 is 4.57 Å². The van der Waals surface area contributed by atoms with Gasteiger partial charge in [-0.2, -0.15) is 8.75 Å². The van der Waals surface area contributed by atoms with Crippen molar-refractivity contribution in [3.05, 3.63) is 60.7 Å². The van der Waals surface area contributed by atoms with E-state index in [1.807, 2.05) is 12.1 Å². The van der Waals surface area contributed by atoms with Crippen LogP contribution in [-0.2, 0) is 7.05 Å². The third-order valence-electron chi connectivity index (χ3n) is 4.51. The van der Waals surface area contributed by atoms with Crippen LogP contribution in [0.25, 0.3) is 44.0 Å². The zero-order chi connectivity index (χ0) is 15.4. The van der Waals surface area contributed by atoms with Gasteiger partial charge in [0.25, 0.3) is 0 Å². The van der Waals surface area contributed by atoms with Gasteiger partial charge in [0.2, 0.25) is 0 Å². The van der Waals surface area contributed by atoms with E-state index in [4.69, 9.17) is 0 Å². The van der Waals surface area contributed by atoms with Gasteiger partial charge in [0, 0.05) is 34.4 Å². The molecule has 5 rings (SSSR count). The third-order valence-corrected chi connectivity index (χ3v) is 5.05. The molecule has 0 radical (unpaired) electrons. The second-order valence-corrected chi connectivity index (χ2v) is 6.27. The maximum absolute atomic E-state index is 4.46.